The number of carbonyl (C=O) groups excluding carboxylic acids is 1. The van der Waals surface area contributed by atoms with Crippen LogP contribution >= 0.6 is 0 Å². The fourth-order valence-electron chi connectivity index (χ4n) is 1.87. The van der Waals surface area contributed by atoms with E-state index in [1.54, 1.807) is 18.5 Å². The van der Waals surface area contributed by atoms with Crippen molar-refractivity contribution < 1.29 is 12.3 Å². The van der Waals surface area contributed by atoms with E-state index in [0.29, 0.717) is 13.2 Å². The highest BCUT2D eigenvalue weighted by Crippen LogP contribution is 2.12. The molecule has 0 aliphatic carbocycles. The van der Waals surface area contributed by atoms with E-state index in [4.69, 9.17) is 7.48 Å². The quantitative estimate of drug-likeness (QED) is 0.811. The molecule has 0 spiro atoms. The monoisotopic (exact) mass is 248 g/mol. The van der Waals surface area contributed by atoms with Crippen LogP contribution in [0.3, 0.4) is 0 Å². The zero-order valence-electron chi connectivity index (χ0n) is 11.7. The maximum atomic E-state index is 12.4. The third-order valence-electron chi connectivity index (χ3n) is 2.84. The first-order valence-corrected chi connectivity index (χ1v) is 5.71. The summed E-state index contributed by atoms with van der Waals surface area (Å²) in [6.45, 7) is 0.705. The summed E-state index contributed by atoms with van der Waals surface area (Å²) in [5.41, 5.74) is 1.01. The zero-order valence-corrected chi connectivity index (χ0v) is 9.72. The van der Waals surface area contributed by atoms with Crippen molar-refractivity contribution >= 4 is 16.8 Å². The predicted molar refractivity (Wildman–Crippen MR) is 65.2 cm³/mol. The number of nitrogens with one attached hydrogen (secondary N) is 1. The lowest BCUT2D eigenvalue weighted by atomic mass is 10.2. The molecule has 0 unspecified atom stereocenters. The number of pyridine rings is 1. The molecule has 0 bridgehead atoms. The Hall–Kier alpha value is -1.95. The molecule has 3 rings (SSSR count). The lowest BCUT2D eigenvalue weighted by Gasteiger charge is -2.18. The van der Waals surface area contributed by atoms with Gasteiger partial charge in [-0.2, -0.15) is 5.10 Å². The Morgan fingerprint density at radius 2 is 2.39 bits per heavy atom. The van der Waals surface area contributed by atoms with Crippen LogP contribution in [0.2, 0.25) is 0 Å². The van der Waals surface area contributed by atoms with Gasteiger partial charge in [0.25, 0.3) is 5.91 Å². The fraction of sp³-hybridized carbons (Fsp3) is 0.417. The van der Waals surface area contributed by atoms with Crippen molar-refractivity contribution in [1.82, 2.24) is 20.1 Å². The first-order chi connectivity index (χ1) is 9.55. The number of nitrogens with zero attached hydrogens (tertiary/aromatic N) is 3. The SMILES string of the molecule is [2H]C1([2H])COCCN(C(=O)c2cc3[nH]ncc3cn2)C1. The molecule has 0 radical (unpaired) electrons. The molecule has 1 fully saturated rings. The van der Waals surface area contributed by atoms with Gasteiger partial charge in [0.1, 0.15) is 5.69 Å². The van der Waals surface area contributed by atoms with E-state index in [9.17, 15) is 4.79 Å². The lowest BCUT2D eigenvalue weighted by molar-refractivity contribution is 0.0736. The van der Waals surface area contributed by atoms with Crippen LogP contribution in [0.1, 0.15) is 19.6 Å². The van der Waals surface area contributed by atoms with Gasteiger partial charge in [0, 0.05) is 34.0 Å². The number of rotatable bonds is 1. The van der Waals surface area contributed by atoms with Crippen LogP contribution in [0.5, 0.6) is 0 Å². The number of hydrogen-bond donors (Lipinski definition) is 1. The number of hydrogen-bond acceptors (Lipinski definition) is 4. The molecule has 2 aromatic rings. The van der Waals surface area contributed by atoms with E-state index in [-0.39, 0.29) is 24.8 Å². The second-order valence-corrected chi connectivity index (χ2v) is 4.06. The van der Waals surface area contributed by atoms with Gasteiger partial charge >= 0.3 is 0 Å². The number of amides is 1. The predicted octanol–water partition coefficient (Wildman–Crippen LogP) is 0.820. The molecule has 0 aromatic carbocycles. The summed E-state index contributed by atoms with van der Waals surface area (Å²) in [5, 5.41) is 7.50. The van der Waals surface area contributed by atoms with Crippen molar-refractivity contribution in [1.29, 1.82) is 0 Å². The van der Waals surface area contributed by atoms with Gasteiger partial charge in [0.15, 0.2) is 0 Å². The molecule has 3 heterocycles. The van der Waals surface area contributed by atoms with Gasteiger partial charge in [-0.05, 0) is 12.4 Å². The van der Waals surface area contributed by atoms with Gasteiger partial charge in [-0.3, -0.25) is 14.9 Å². The van der Waals surface area contributed by atoms with E-state index < -0.39 is 6.37 Å². The molecular weight excluding hydrogens is 232 g/mol. The van der Waals surface area contributed by atoms with Gasteiger partial charge in [-0.1, -0.05) is 0 Å². The second kappa shape index (κ2) is 4.73. The molecule has 6 heteroatoms. The average molecular weight is 248 g/mol. The van der Waals surface area contributed by atoms with Gasteiger partial charge in [-0.25, -0.2) is 0 Å². The van der Waals surface area contributed by atoms with Crippen molar-refractivity contribution in [3.8, 4) is 0 Å². The van der Waals surface area contributed by atoms with Crippen LogP contribution in [0, 0.1) is 0 Å². The number of ether oxygens (including phenoxy) is 1. The Bertz CT molecular complexity index is 643. The zero-order chi connectivity index (χ0) is 14.2. The summed E-state index contributed by atoms with van der Waals surface area (Å²) in [5.74, 6) is -0.295. The molecule has 1 N–H and O–H groups in total. The van der Waals surface area contributed by atoms with Crippen molar-refractivity contribution in [2.45, 2.75) is 6.37 Å². The third-order valence-corrected chi connectivity index (χ3v) is 2.84. The second-order valence-electron chi connectivity index (χ2n) is 4.06. The van der Waals surface area contributed by atoms with E-state index in [1.165, 1.54) is 4.90 Å². The molecule has 18 heavy (non-hydrogen) atoms. The van der Waals surface area contributed by atoms with Crippen molar-refractivity contribution in [3.05, 3.63) is 24.2 Å². The standard InChI is InChI=1S/C12H14N4O2/c17-12(16-2-1-4-18-5-3-16)11-6-10-9(7-13-11)8-14-15-10/h6-8H,1-5H2,(H,14,15)/i1D2. The first kappa shape index (κ1) is 9.04. The van der Waals surface area contributed by atoms with E-state index in [1.807, 2.05) is 0 Å². The van der Waals surface area contributed by atoms with E-state index in [0.717, 1.165) is 10.9 Å². The number of carbonyl (C=O) groups is 1. The summed E-state index contributed by atoms with van der Waals surface area (Å²) < 4.78 is 20.7. The van der Waals surface area contributed by atoms with Gasteiger partial charge in [-0.15, -0.1) is 0 Å². The summed E-state index contributed by atoms with van der Waals surface area (Å²) in [7, 11) is 0. The van der Waals surface area contributed by atoms with Crippen LogP contribution in [0.4, 0.5) is 0 Å². The van der Waals surface area contributed by atoms with Crippen LogP contribution in [-0.2, 0) is 4.74 Å². The smallest absolute Gasteiger partial charge is 0.272 e. The van der Waals surface area contributed by atoms with Gasteiger partial charge in [0.05, 0.1) is 18.3 Å². The van der Waals surface area contributed by atoms with Crippen LogP contribution < -0.4 is 0 Å². The molecule has 1 aliphatic rings. The summed E-state index contributed by atoms with van der Waals surface area (Å²) in [4.78, 5) is 18.0. The molecule has 2 aromatic heterocycles. The largest absolute Gasteiger partial charge is 0.380 e. The molecular formula is C12H14N4O2. The highest BCUT2D eigenvalue weighted by atomic mass is 16.5. The van der Waals surface area contributed by atoms with E-state index >= 15 is 0 Å². The molecule has 0 atom stereocenters. The van der Waals surface area contributed by atoms with Crippen LogP contribution in [-0.4, -0.2) is 52.3 Å². The molecule has 94 valence electrons. The third kappa shape index (κ3) is 2.06. The number of fused-ring (bicyclic) bond motifs is 1. The van der Waals surface area contributed by atoms with Crippen LogP contribution in [0.15, 0.2) is 18.5 Å². The molecule has 6 nitrogen and oxygen atoms in total. The maximum Gasteiger partial charge on any atom is 0.272 e. The van der Waals surface area contributed by atoms with Crippen molar-refractivity contribution in [2.75, 3.05) is 26.3 Å². The highest BCUT2D eigenvalue weighted by molar-refractivity contribution is 5.95. The number of aromatic amines is 1. The molecule has 0 saturated carbocycles. The molecule has 1 amide bonds. The normalized spacial score (nSPS) is 21.2. The highest BCUT2D eigenvalue weighted by Gasteiger charge is 2.18. The number of aromatic nitrogens is 3. The first-order valence-electron chi connectivity index (χ1n) is 6.71. The molecule has 1 saturated heterocycles. The fourth-order valence-corrected chi connectivity index (χ4v) is 1.87. The molecule has 1 aliphatic heterocycles. The van der Waals surface area contributed by atoms with Crippen molar-refractivity contribution in [2.24, 2.45) is 0 Å². The Balaban J connectivity index is 1.86. The Labute approximate surface area is 107 Å². The minimum absolute atomic E-state index is 0.00376. The van der Waals surface area contributed by atoms with E-state index in [2.05, 4.69) is 15.2 Å². The Kier molecular flexibility index (Phi) is 2.38. The minimum atomic E-state index is -1.54. The van der Waals surface area contributed by atoms with Gasteiger partial charge < -0.3 is 9.64 Å². The Morgan fingerprint density at radius 3 is 3.33 bits per heavy atom. The summed E-state index contributed by atoms with van der Waals surface area (Å²) in [6, 6.07) is 1.63. The maximum absolute atomic E-state index is 12.4. The van der Waals surface area contributed by atoms with Crippen LogP contribution in [0.25, 0.3) is 10.9 Å². The summed E-state index contributed by atoms with van der Waals surface area (Å²) >= 11 is 0. The topological polar surface area (TPSA) is 71.1 Å². The lowest BCUT2D eigenvalue weighted by Crippen LogP contribution is -2.33. The minimum Gasteiger partial charge on any atom is -0.380 e. The Morgan fingerprint density at radius 1 is 1.44 bits per heavy atom. The van der Waals surface area contributed by atoms with Gasteiger partial charge in [0.2, 0.25) is 0 Å². The number of H-pyrrole nitrogens is 1. The summed E-state index contributed by atoms with van der Waals surface area (Å²) in [6.07, 6.45) is 1.67. The van der Waals surface area contributed by atoms with Crippen molar-refractivity contribution in [3.63, 3.8) is 0 Å². The average Bonchev–Trinajstić information content (AvgIpc) is 2.80.